The van der Waals surface area contributed by atoms with Crippen molar-refractivity contribution in [2.24, 2.45) is 0 Å². The Kier molecular flexibility index (Phi) is 5.63. The normalized spacial score (nSPS) is 11.0. The van der Waals surface area contributed by atoms with Gasteiger partial charge in [-0.05, 0) is 37.1 Å². The lowest BCUT2D eigenvalue weighted by Crippen LogP contribution is -2.02. The van der Waals surface area contributed by atoms with E-state index in [4.69, 9.17) is 0 Å². The van der Waals surface area contributed by atoms with Crippen LogP contribution >= 0.6 is 23.5 Å². The molecule has 0 aliphatic carbocycles. The lowest BCUT2D eigenvalue weighted by Gasteiger charge is -2.13. The van der Waals surface area contributed by atoms with Crippen LogP contribution in [0.15, 0.2) is 68.1 Å². The summed E-state index contributed by atoms with van der Waals surface area (Å²) in [5, 5.41) is 0. The van der Waals surface area contributed by atoms with E-state index in [1.165, 1.54) is 0 Å². The zero-order valence-corrected chi connectivity index (χ0v) is 15.6. The maximum atomic E-state index is 14.5. The van der Waals surface area contributed by atoms with Gasteiger partial charge in [0, 0.05) is 9.79 Å². The Balaban J connectivity index is 2.05. The monoisotopic (exact) mass is 394 g/mol. The van der Waals surface area contributed by atoms with Crippen molar-refractivity contribution < 1.29 is 17.6 Å². The molecule has 3 aromatic rings. The molecule has 0 atom stereocenters. The number of hydrogen-bond donors (Lipinski definition) is 0. The van der Waals surface area contributed by atoms with Crippen molar-refractivity contribution in [3.8, 4) is 0 Å². The predicted octanol–water partition coefficient (Wildman–Crippen LogP) is 7.16. The van der Waals surface area contributed by atoms with Gasteiger partial charge < -0.3 is 0 Å². The molecular formula is C20H14F4S2. The number of halogens is 4. The van der Waals surface area contributed by atoms with Crippen molar-refractivity contribution >= 4 is 23.5 Å². The van der Waals surface area contributed by atoms with E-state index in [0.29, 0.717) is 33.3 Å². The SMILES string of the molecule is Cc1ccccc1Sc1c(F)c(F)c(Sc2ccccc2C)c(F)c1F. The number of rotatable bonds is 4. The van der Waals surface area contributed by atoms with E-state index in [9.17, 15) is 17.6 Å². The molecule has 0 unspecified atom stereocenters. The standard InChI is InChI=1S/C20H14F4S2/c1-11-7-3-5-9-13(11)25-19-15(21)17(23)20(18(24)16(19)22)26-14-10-6-4-8-12(14)2/h3-10H,1-2H3. The lowest BCUT2D eigenvalue weighted by atomic mass is 10.2. The second kappa shape index (κ2) is 7.76. The van der Waals surface area contributed by atoms with Gasteiger partial charge in [0.1, 0.15) is 0 Å². The van der Waals surface area contributed by atoms with E-state index in [0.717, 1.165) is 11.1 Å². The summed E-state index contributed by atoms with van der Waals surface area (Å²) in [4.78, 5) is -0.293. The Morgan fingerprint density at radius 3 is 1.15 bits per heavy atom. The van der Waals surface area contributed by atoms with E-state index in [1.54, 1.807) is 62.4 Å². The van der Waals surface area contributed by atoms with Crippen LogP contribution in [0.3, 0.4) is 0 Å². The second-order valence-corrected chi connectivity index (χ2v) is 7.75. The summed E-state index contributed by atoms with van der Waals surface area (Å²) in [6.07, 6.45) is 0. The minimum absolute atomic E-state index is 0.531. The van der Waals surface area contributed by atoms with Crippen LogP contribution in [0, 0.1) is 37.1 Å². The summed E-state index contributed by atoms with van der Waals surface area (Å²) in [6.45, 7) is 3.51. The molecule has 3 rings (SSSR count). The van der Waals surface area contributed by atoms with E-state index >= 15 is 0 Å². The van der Waals surface area contributed by atoms with Gasteiger partial charge in [0.2, 0.25) is 0 Å². The molecule has 0 bridgehead atoms. The molecule has 0 fully saturated rings. The highest BCUT2D eigenvalue weighted by Gasteiger charge is 2.27. The van der Waals surface area contributed by atoms with Crippen LogP contribution in [0.25, 0.3) is 0 Å². The Labute approximate surface area is 157 Å². The molecule has 0 aromatic heterocycles. The molecule has 0 nitrogen and oxygen atoms in total. The average Bonchev–Trinajstić information content (AvgIpc) is 2.63. The molecule has 0 saturated carbocycles. The van der Waals surface area contributed by atoms with Gasteiger partial charge in [-0.2, -0.15) is 0 Å². The van der Waals surface area contributed by atoms with Gasteiger partial charge in [-0.15, -0.1) is 0 Å². The molecule has 0 radical (unpaired) electrons. The van der Waals surface area contributed by atoms with Gasteiger partial charge in [-0.25, -0.2) is 17.6 Å². The second-order valence-electron chi connectivity index (χ2n) is 5.65. The van der Waals surface area contributed by atoms with Gasteiger partial charge >= 0.3 is 0 Å². The molecule has 6 heteroatoms. The number of benzene rings is 3. The van der Waals surface area contributed by atoms with E-state index in [-0.39, 0.29) is 0 Å². The molecular weight excluding hydrogens is 380 g/mol. The van der Waals surface area contributed by atoms with Crippen LogP contribution in [0.5, 0.6) is 0 Å². The lowest BCUT2D eigenvalue weighted by molar-refractivity contribution is 0.401. The van der Waals surface area contributed by atoms with Crippen LogP contribution in [0.4, 0.5) is 17.6 Å². The van der Waals surface area contributed by atoms with Crippen LogP contribution in [0.1, 0.15) is 11.1 Å². The van der Waals surface area contributed by atoms with Crippen LogP contribution in [0.2, 0.25) is 0 Å². The fourth-order valence-electron chi connectivity index (χ4n) is 2.33. The first-order valence-corrected chi connectivity index (χ1v) is 9.36. The van der Waals surface area contributed by atoms with Gasteiger partial charge in [0.25, 0.3) is 0 Å². The van der Waals surface area contributed by atoms with E-state index in [2.05, 4.69) is 0 Å². The molecule has 134 valence electrons. The first kappa shape index (κ1) is 18.9. The van der Waals surface area contributed by atoms with Crippen molar-refractivity contribution in [3.63, 3.8) is 0 Å². The minimum Gasteiger partial charge on any atom is -0.202 e. The highest BCUT2D eigenvalue weighted by Crippen LogP contribution is 2.42. The molecule has 0 aliphatic rings. The molecule has 0 amide bonds. The van der Waals surface area contributed by atoms with E-state index in [1.807, 2.05) is 0 Å². The van der Waals surface area contributed by atoms with Crippen molar-refractivity contribution in [1.82, 2.24) is 0 Å². The van der Waals surface area contributed by atoms with Crippen molar-refractivity contribution in [2.75, 3.05) is 0 Å². The average molecular weight is 394 g/mol. The van der Waals surface area contributed by atoms with E-state index < -0.39 is 33.1 Å². The quantitative estimate of drug-likeness (QED) is 0.340. The Morgan fingerprint density at radius 2 is 0.846 bits per heavy atom. The van der Waals surface area contributed by atoms with Crippen LogP contribution in [-0.4, -0.2) is 0 Å². The molecule has 26 heavy (non-hydrogen) atoms. The van der Waals surface area contributed by atoms with Crippen molar-refractivity contribution in [1.29, 1.82) is 0 Å². The van der Waals surface area contributed by atoms with Gasteiger partial charge in [0.15, 0.2) is 23.3 Å². The largest absolute Gasteiger partial charge is 0.202 e. The predicted molar refractivity (Wildman–Crippen MR) is 96.9 cm³/mol. The maximum Gasteiger partial charge on any atom is 0.177 e. The molecule has 3 aromatic carbocycles. The first-order chi connectivity index (χ1) is 12.4. The van der Waals surface area contributed by atoms with Gasteiger partial charge in [0.05, 0.1) is 9.79 Å². The van der Waals surface area contributed by atoms with Crippen LogP contribution in [-0.2, 0) is 0 Å². The first-order valence-electron chi connectivity index (χ1n) is 7.73. The van der Waals surface area contributed by atoms with Crippen molar-refractivity contribution in [3.05, 3.63) is 82.9 Å². The zero-order chi connectivity index (χ0) is 18.8. The third-order valence-electron chi connectivity index (χ3n) is 3.79. The maximum absolute atomic E-state index is 14.5. The summed E-state index contributed by atoms with van der Waals surface area (Å²) in [5.41, 5.74) is 1.52. The highest BCUT2D eigenvalue weighted by atomic mass is 32.2. The zero-order valence-electron chi connectivity index (χ0n) is 13.9. The summed E-state index contributed by atoms with van der Waals surface area (Å²) < 4.78 is 58.0. The molecule has 0 saturated heterocycles. The Morgan fingerprint density at radius 1 is 0.538 bits per heavy atom. The summed E-state index contributed by atoms with van der Waals surface area (Å²) in [5.74, 6) is -5.53. The van der Waals surface area contributed by atoms with Gasteiger partial charge in [-0.1, -0.05) is 59.9 Å². The Hall–Kier alpha value is -1.92. The van der Waals surface area contributed by atoms with Gasteiger partial charge in [-0.3, -0.25) is 0 Å². The third kappa shape index (κ3) is 3.62. The highest BCUT2D eigenvalue weighted by molar-refractivity contribution is 7.99. The summed E-state index contributed by atoms with van der Waals surface area (Å²) >= 11 is 1.35. The number of aryl methyl sites for hydroxylation is 2. The summed E-state index contributed by atoms with van der Waals surface area (Å²) in [7, 11) is 0. The topological polar surface area (TPSA) is 0 Å². The molecule has 0 spiro atoms. The third-order valence-corrected chi connectivity index (χ3v) is 6.28. The fraction of sp³-hybridized carbons (Fsp3) is 0.100. The van der Waals surface area contributed by atoms with Crippen LogP contribution < -0.4 is 0 Å². The minimum atomic E-state index is -1.38. The number of hydrogen-bond acceptors (Lipinski definition) is 2. The smallest absolute Gasteiger partial charge is 0.177 e. The fourth-order valence-corrected chi connectivity index (χ4v) is 4.24. The Bertz CT molecular complexity index is 863. The molecule has 0 heterocycles. The molecule has 0 N–H and O–H groups in total. The molecule has 0 aliphatic heterocycles. The summed E-state index contributed by atoms with van der Waals surface area (Å²) in [6, 6.07) is 13.7. The van der Waals surface area contributed by atoms with Crippen molar-refractivity contribution in [2.45, 2.75) is 33.4 Å².